The molecule has 36 heavy (non-hydrogen) atoms. The number of rotatable bonds is 5. The Balaban J connectivity index is 1.74. The van der Waals surface area contributed by atoms with Crippen molar-refractivity contribution < 1.29 is 24.4 Å². The highest BCUT2D eigenvalue weighted by Crippen LogP contribution is 2.45. The largest absolute Gasteiger partial charge is 0.507 e. The fourth-order valence-corrected chi connectivity index (χ4v) is 5.16. The van der Waals surface area contributed by atoms with Crippen LogP contribution < -0.4 is 9.64 Å². The average molecular weight is 502 g/mol. The van der Waals surface area contributed by atoms with Gasteiger partial charge in [-0.15, -0.1) is 0 Å². The summed E-state index contributed by atoms with van der Waals surface area (Å²) in [6, 6.07) is 16.6. The van der Waals surface area contributed by atoms with Gasteiger partial charge >= 0.3 is 5.91 Å². The fraction of sp³-hybridized carbons (Fsp3) is 0.115. The van der Waals surface area contributed by atoms with Crippen LogP contribution in [0, 0.1) is 17.0 Å². The van der Waals surface area contributed by atoms with Gasteiger partial charge in [-0.3, -0.25) is 24.6 Å². The molecule has 1 aliphatic rings. The Labute approximate surface area is 209 Å². The van der Waals surface area contributed by atoms with Gasteiger partial charge in [-0.1, -0.05) is 53.3 Å². The van der Waals surface area contributed by atoms with E-state index in [2.05, 4.69) is 4.98 Å². The van der Waals surface area contributed by atoms with Crippen LogP contribution >= 0.6 is 11.3 Å². The Morgan fingerprint density at radius 2 is 1.86 bits per heavy atom. The first-order valence-corrected chi connectivity index (χ1v) is 11.7. The molecule has 0 aliphatic carbocycles. The summed E-state index contributed by atoms with van der Waals surface area (Å²) in [4.78, 5) is 43.3. The summed E-state index contributed by atoms with van der Waals surface area (Å²) < 4.78 is 5.99. The first-order valence-electron chi connectivity index (χ1n) is 10.9. The number of aryl methyl sites for hydroxylation is 1. The van der Waals surface area contributed by atoms with Crippen LogP contribution in [0.25, 0.3) is 16.0 Å². The Hall–Kier alpha value is -4.57. The number of aliphatic hydroxyl groups is 1. The van der Waals surface area contributed by atoms with Gasteiger partial charge in [0, 0.05) is 17.7 Å². The predicted octanol–water partition coefficient (Wildman–Crippen LogP) is 5.15. The van der Waals surface area contributed by atoms with Crippen LogP contribution in [0.3, 0.4) is 0 Å². The summed E-state index contributed by atoms with van der Waals surface area (Å²) in [5.41, 5.74) is 1.82. The number of non-ortho nitro benzene ring substituents is 1. The second-order valence-corrected chi connectivity index (χ2v) is 9.23. The molecule has 2 heterocycles. The lowest BCUT2D eigenvalue weighted by Gasteiger charge is -2.22. The molecule has 1 amide bonds. The molecule has 1 atom stereocenters. The maximum atomic E-state index is 13.3. The number of aliphatic hydroxyl groups excluding tert-OH is 1. The molecule has 0 unspecified atom stereocenters. The number of nitro groups is 1. The van der Waals surface area contributed by atoms with E-state index in [1.165, 1.54) is 41.5 Å². The van der Waals surface area contributed by atoms with Gasteiger partial charge in [0.25, 0.3) is 11.5 Å². The van der Waals surface area contributed by atoms with Gasteiger partial charge < -0.3 is 9.84 Å². The Kier molecular flexibility index (Phi) is 5.73. The molecule has 0 spiro atoms. The molecule has 1 aliphatic heterocycles. The van der Waals surface area contributed by atoms with E-state index in [1.54, 1.807) is 48.5 Å². The molecule has 5 rings (SSSR count). The molecule has 180 valence electrons. The number of hydrogen-bond donors (Lipinski definition) is 1. The molecule has 1 fully saturated rings. The Morgan fingerprint density at radius 1 is 1.11 bits per heavy atom. The van der Waals surface area contributed by atoms with E-state index in [4.69, 9.17) is 4.74 Å². The second kappa shape index (κ2) is 8.90. The van der Waals surface area contributed by atoms with Gasteiger partial charge in [-0.2, -0.15) is 0 Å². The van der Waals surface area contributed by atoms with E-state index in [0.717, 1.165) is 10.3 Å². The first kappa shape index (κ1) is 23.2. The van der Waals surface area contributed by atoms with E-state index < -0.39 is 22.7 Å². The summed E-state index contributed by atoms with van der Waals surface area (Å²) in [6.45, 7) is 1.88. The number of carbonyl (C=O) groups is 2. The highest BCUT2D eigenvalue weighted by molar-refractivity contribution is 7.22. The van der Waals surface area contributed by atoms with Crippen molar-refractivity contribution in [3.63, 3.8) is 0 Å². The van der Waals surface area contributed by atoms with Gasteiger partial charge in [0.05, 0.1) is 33.9 Å². The zero-order valence-electron chi connectivity index (χ0n) is 19.2. The minimum Gasteiger partial charge on any atom is -0.507 e. The monoisotopic (exact) mass is 501 g/mol. The standard InChI is InChI=1S/C26H19N3O6S/c1-14-6-8-15(9-7-14)23(30)21-22(16-4-3-5-17(12-16)29(33)34)28(25(32)24(21)31)26-27-19-11-10-18(35-2)13-20(19)36-26/h3-13,22,30H,1-2H3/b23-21+/t22-/m0/s1. The third kappa shape index (κ3) is 3.87. The number of carbonyl (C=O) groups excluding carboxylic acids is 2. The lowest BCUT2D eigenvalue weighted by Crippen LogP contribution is -2.29. The van der Waals surface area contributed by atoms with Gasteiger partial charge in [-0.25, -0.2) is 4.98 Å². The van der Waals surface area contributed by atoms with Crippen LogP contribution in [-0.4, -0.2) is 33.8 Å². The van der Waals surface area contributed by atoms with Crippen molar-refractivity contribution in [2.45, 2.75) is 13.0 Å². The van der Waals surface area contributed by atoms with Crippen molar-refractivity contribution in [2.24, 2.45) is 0 Å². The number of ketones is 1. The number of aromatic nitrogens is 1. The molecule has 9 nitrogen and oxygen atoms in total. The number of hydrogen-bond acceptors (Lipinski definition) is 8. The van der Waals surface area contributed by atoms with E-state index in [1.807, 2.05) is 6.92 Å². The quantitative estimate of drug-likeness (QED) is 0.132. The van der Waals surface area contributed by atoms with Crippen molar-refractivity contribution in [1.82, 2.24) is 4.98 Å². The number of amides is 1. The maximum absolute atomic E-state index is 13.3. The van der Waals surface area contributed by atoms with Crippen molar-refractivity contribution in [3.05, 3.63) is 99.1 Å². The lowest BCUT2D eigenvalue weighted by molar-refractivity contribution is -0.384. The normalized spacial score (nSPS) is 17.1. The van der Waals surface area contributed by atoms with Crippen LogP contribution in [0.2, 0.25) is 0 Å². The van der Waals surface area contributed by atoms with Crippen LogP contribution in [0.15, 0.2) is 72.3 Å². The number of nitro benzene ring substituents is 1. The van der Waals surface area contributed by atoms with E-state index in [9.17, 15) is 24.8 Å². The minimum atomic E-state index is -1.12. The molecular weight excluding hydrogens is 482 g/mol. The number of Topliss-reactive ketones (excluding diaryl/α,β-unsaturated/α-hetero) is 1. The minimum absolute atomic E-state index is 0.166. The highest BCUT2D eigenvalue weighted by Gasteiger charge is 2.48. The summed E-state index contributed by atoms with van der Waals surface area (Å²) in [6.07, 6.45) is 0. The number of nitrogens with zero attached hydrogens (tertiary/aromatic N) is 3. The molecule has 0 saturated carbocycles. The summed E-state index contributed by atoms with van der Waals surface area (Å²) in [5, 5.41) is 22.9. The van der Waals surface area contributed by atoms with E-state index in [-0.39, 0.29) is 22.2 Å². The zero-order valence-corrected chi connectivity index (χ0v) is 20.0. The molecular formula is C26H19N3O6S. The smallest absolute Gasteiger partial charge is 0.301 e. The second-order valence-electron chi connectivity index (χ2n) is 8.22. The van der Waals surface area contributed by atoms with Crippen molar-refractivity contribution in [1.29, 1.82) is 0 Å². The number of benzene rings is 3. The maximum Gasteiger partial charge on any atom is 0.301 e. The van der Waals surface area contributed by atoms with Gasteiger partial charge in [0.1, 0.15) is 11.5 Å². The molecule has 1 saturated heterocycles. The topological polar surface area (TPSA) is 123 Å². The van der Waals surface area contributed by atoms with Crippen molar-refractivity contribution in [3.8, 4) is 5.75 Å². The highest BCUT2D eigenvalue weighted by atomic mass is 32.1. The molecule has 0 radical (unpaired) electrons. The molecule has 0 bridgehead atoms. The predicted molar refractivity (Wildman–Crippen MR) is 135 cm³/mol. The number of thiazole rings is 1. The van der Waals surface area contributed by atoms with Crippen LogP contribution in [-0.2, 0) is 9.59 Å². The molecule has 10 heteroatoms. The first-order chi connectivity index (χ1) is 17.3. The zero-order chi connectivity index (χ0) is 25.6. The molecule has 1 N–H and O–H groups in total. The van der Waals surface area contributed by atoms with Gasteiger partial charge in [-0.05, 0) is 30.7 Å². The fourth-order valence-electron chi connectivity index (χ4n) is 4.14. The van der Waals surface area contributed by atoms with E-state index in [0.29, 0.717) is 22.4 Å². The number of fused-ring (bicyclic) bond motifs is 1. The van der Waals surface area contributed by atoms with Crippen molar-refractivity contribution in [2.75, 3.05) is 12.0 Å². The third-order valence-corrected chi connectivity index (χ3v) is 6.97. The van der Waals surface area contributed by atoms with Crippen molar-refractivity contribution >= 4 is 49.8 Å². The Bertz CT molecular complexity index is 1570. The lowest BCUT2D eigenvalue weighted by atomic mass is 9.95. The summed E-state index contributed by atoms with van der Waals surface area (Å²) >= 11 is 1.17. The SMILES string of the molecule is COc1ccc2nc(N3C(=O)C(=O)/C(=C(/O)c4ccc(C)cc4)[C@@H]3c3cccc([N+](=O)[O-])c3)sc2c1. The number of methoxy groups -OCH3 is 1. The number of ether oxygens (including phenoxy) is 1. The summed E-state index contributed by atoms with van der Waals surface area (Å²) in [7, 11) is 1.54. The Morgan fingerprint density at radius 3 is 2.56 bits per heavy atom. The van der Waals surface area contributed by atoms with Gasteiger partial charge in [0.2, 0.25) is 0 Å². The molecule has 3 aromatic carbocycles. The number of anilines is 1. The van der Waals surface area contributed by atoms with Crippen LogP contribution in [0.1, 0.15) is 22.7 Å². The molecule has 4 aromatic rings. The third-order valence-electron chi connectivity index (χ3n) is 5.96. The molecule has 1 aromatic heterocycles. The summed E-state index contributed by atoms with van der Waals surface area (Å²) in [5.74, 6) is -1.54. The average Bonchev–Trinajstić information content (AvgIpc) is 3.41. The van der Waals surface area contributed by atoms with E-state index >= 15 is 0 Å². The van der Waals surface area contributed by atoms with Gasteiger partial charge in [0.15, 0.2) is 5.13 Å². The van der Waals surface area contributed by atoms with Crippen LogP contribution in [0.5, 0.6) is 5.75 Å². The van der Waals surface area contributed by atoms with Crippen LogP contribution in [0.4, 0.5) is 10.8 Å².